The Morgan fingerprint density at radius 3 is 2.22 bits per heavy atom. The average molecular weight is 344 g/mol. The monoisotopic (exact) mass is 343 g/mol. The van der Waals surface area contributed by atoms with Crippen LogP contribution in [0.15, 0.2) is 72.8 Å². The number of nitrogens with one attached hydrogen (secondary N) is 1. The number of ether oxygens (including phenoxy) is 1. The third-order valence-corrected chi connectivity index (χ3v) is 3.88. The van der Waals surface area contributed by atoms with Crippen LogP contribution in [0.1, 0.15) is 5.56 Å². The Bertz CT molecular complexity index is 773. The topological polar surface area (TPSA) is 21.3 Å². The summed E-state index contributed by atoms with van der Waals surface area (Å²) in [4.78, 5) is 0. The van der Waals surface area contributed by atoms with Crippen molar-refractivity contribution in [2.75, 3.05) is 5.32 Å². The molecule has 3 rings (SSSR count). The van der Waals surface area contributed by atoms with Crippen molar-refractivity contribution in [2.24, 2.45) is 0 Å². The summed E-state index contributed by atoms with van der Waals surface area (Å²) in [6.45, 7) is 0.658. The van der Waals surface area contributed by atoms with Gasteiger partial charge < -0.3 is 10.1 Å². The van der Waals surface area contributed by atoms with Crippen LogP contribution in [0.4, 0.5) is 5.69 Å². The lowest BCUT2D eigenvalue weighted by Gasteiger charge is -2.10. The van der Waals surface area contributed by atoms with Gasteiger partial charge in [-0.25, -0.2) is 0 Å². The van der Waals surface area contributed by atoms with Crippen molar-refractivity contribution in [3.8, 4) is 11.5 Å². The van der Waals surface area contributed by atoms with Crippen molar-refractivity contribution >= 4 is 28.9 Å². The first-order valence-electron chi connectivity index (χ1n) is 7.21. The largest absolute Gasteiger partial charge is 0.457 e. The number of benzene rings is 3. The number of para-hydroxylation sites is 1. The molecule has 0 spiro atoms. The van der Waals surface area contributed by atoms with Crippen LogP contribution in [-0.2, 0) is 6.54 Å². The first-order valence-corrected chi connectivity index (χ1v) is 7.97. The van der Waals surface area contributed by atoms with Gasteiger partial charge in [0.15, 0.2) is 0 Å². The fraction of sp³-hybridized carbons (Fsp3) is 0.0526. The van der Waals surface area contributed by atoms with Crippen LogP contribution in [0.2, 0.25) is 10.0 Å². The molecular weight excluding hydrogens is 329 g/mol. The molecule has 0 aliphatic rings. The molecule has 4 heteroatoms. The predicted molar refractivity (Wildman–Crippen MR) is 96.7 cm³/mol. The van der Waals surface area contributed by atoms with E-state index in [1.54, 1.807) is 12.1 Å². The average Bonchev–Trinajstić information content (AvgIpc) is 2.58. The molecule has 0 radical (unpaired) electrons. The number of hydrogen-bond donors (Lipinski definition) is 1. The zero-order valence-corrected chi connectivity index (χ0v) is 13.8. The van der Waals surface area contributed by atoms with Gasteiger partial charge in [0.1, 0.15) is 11.5 Å². The van der Waals surface area contributed by atoms with Crippen LogP contribution in [-0.4, -0.2) is 0 Å². The molecule has 0 fully saturated rings. The second-order valence-electron chi connectivity index (χ2n) is 5.04. The van der Waals surface area contributed by atoms with Crippen LogP contribution in [0, 0.1) is 0 Å². The van der Waals surface area contributed by atoms with Crippen LogP contribution in [0.3, 0.4) is 0 Å². The van der Waals surface area contributed by atoms with E-state index < -0.39 is 0 Å². The minimum atomic E-state index is 0.651. The second kappa shape index (κ2) is 7.40. The number of hydrogen-bond acceptors (Lipinski definition) is 2. The molecule has 116 valence electrons. The van der Waals surface area contributed by atoms with E-state index in [0.717, 1.165) is 22.7 Å². The van der Waals surface area contributed by atoms with Gasteiger partial charge in [0.05, 0.1) is 10.7 Å². The highest BCUT2D eigenvalue weighted by molar-refractivity contribution is 6.35. The Morgan fingerprint density at radius 1 is 0.783 bits per heavy atom. The molecule has 0 saturated carbocycles. The lowest BCUT2D eigenvalue weighted by molar-refractivity contribution is 0.482. The van der Waals surface area contributed by atoms with E-state index in [4.69, 9.17) is 27.9 Å². The summed E-state index contributed by atoms with van der Waals surface area (Å²) in [5.74, 6) is 1.63. The fourth-order valence-electron chi connectivity index (χ4n) is 2.13. The molecular formula is C19H15Cl2NO. The molecule has 3 aromatic rings. The molecule has 0 atom stereocenters. The normalized spacial score (nSPS) is 10.3. The first-order chi connectivity index (χ1) is 11.2. The molecule has 0 heterocycles. The minimum absolute atomic E-state index is 0.651. The number of halogens is 2. The van der Waals surface area contributed by atoms with Crippen LogP contribution in [0.25, 0.3) is 0 Å². The summed E-state index contributed by atoms with van der Waals surface area (Å²) in [7, 11) is 0. The maximum Gasteiger partial charge on any atom is 0.127 e. The van der Waals surface area contributed by atoms with Crippen molar-refractivity contribution in [2.45, 2.75) is 6.54 Å². The van der Waals surface area contributed by atoms with Gasteiger partial charge >= 0.3 is 0 Å². The Morgan fingerprint density at radius 2 is 1.48 bits per heavy atom. The smallest absolute Gasteiger partial charge is 0.127 e. The lowest BCUT2D eigenvalue weighted by atomic mass is 10.2. The van der Waals surface area contributed by atoms with E-state index in [1.807, 2.05) is 60.7 Å². The van der Waals surface area contributed by atoms with Gasteiger partial charge in [0.2, 0.25) is 0 Å². The van der Waals surface area contributed by atoms with Gasteiger partial charge in [-0.2, -0.15) is 0 Å². The van der Waals surface area contributed by atoms with E-state index >= 15 is 0 Å². The van der Waals surface area contributed by atoms with Gasteiger partial charge in [-0.1, -0.05) is 53.5 Å². The lowest BCUT2D eigenvalue weighted by Crippen LogP contribution is -1.99. The third kappa shape index (κ3) is 4.41. The number of rotatable bonds is 5. The van der Waals surface area contributed by atoms with Gasteiger partial charge in [-0.15, -0.1) is 0 Å². The Hall–Kier alpha value is -2.16. The number of anilines is 1. The van der Waals surface area contributed by atoms with Gasteiger partial charge in [-0.3, -0.25) is 0 Å². The zero-order chi connectivity index (χ0) is 16.1. The van der Waals surface area contributed by atoms with Crippen LogP contribution < -0.4 is 10.1 Å². The van der Waals surface area contributed by atoms with Crippen molar-refractivity contribution in [1.29, 1.82) is 0 Å². The van der Waals surface area contributed by atoms with Crippen molar-refractivity contribution in [1.82, 2.24) is 0 Å². The van der Waals surface area contributed by atoms with Crippen molar-refractivity contribution in [3.63, 3.8) is 0 Å². The zero-order valence-electron chi connectivity index (χ0n) is 12.3. The summed E-state index contributed by atoms with van der Waals surface area (Å²) >= 11 is 12.1. The molecule has 0 unspecified atom stereocenters. The predicted octanol–water partition coefficient (Wildman–Crippen LogP) is 6.40. The molecule has 2 nitrogen and oxygen atoms in total. The fourth-order valence-corrected chi connectivity index (χ4v) is 2.49. The first kappa shape index (κ1) is 15.7. The van der Waals surface area contributed by atoms with E-state index in [-0.39, 0.29) is 0 Å². The van der Waals surface area contributed by atoms with E-state index in [9.17, 15) is 0 Å². The minimum Gasteiger partial charge on any atom is -0.457 e. The molecule has 0 aliphatic carbocycles. The van der Waals surface area contributed by atoms with Crippen molar-refractivity contribution in [3.05, 3.63) is 88.4 Å². The van der Waals surface area contributed by atoms with Crippen LogP contribution in [0.5, 0.6) is 11.5 Å². The molecule has 23 heavy (non-hydrogen) atoms. The van der Waals surface area contributed by atoms with Gasteiger partial charge in [0, 0.05) is 11.6 Å². The molecule has 1 N–H and O–H groups in total. The molecule has 0 saturated heterocycles. The van der Waals surface area contributed by atoms with E-state index in [1.165, 1.54) is 0 Å². The Balaban J connectivity index is 1.62. The standard InChI is InChI=1S/C19H15Cl2NO/c20-15-8-11-18(21)19(12-15)22-13-14-6-9-17(10-7-14)23-16-4-2-1-3-5-16/h1-12,22H,13H2. The summed E-state index contributed by atoms with van der Waals surface area (Å²) < 4.78 is 5.77. The van der Waals surface area contributed by atoms with Crippen molar-refractivity contribution < 1.29 is 4.74 Å². The summed E-state index contributed by atoms with van der Waals surface area (Å²) in [6, 6.07) is 23.0. The quantitative estimate of drug-likeness (QED) is 0.578. The SMILES string of the molecule is Clc1ccc(Cl)c(NCc2ccc(Oc3ccccc3)cc2)c1. The third-order valence-electron chi connectivity index (χ3n) is 3.31. The highest BCUT2D eigenvalue weighted by atomic mass is 35.5. The Kier molecular flexibility index (Phi) is 5.06. The molecule has 0 aliphatic heterocycles. The van der Waals surface area contributed by atoms with Crippen LogP contribution >= 0.6 is 23.2 Å². The van der Waals surface area contributed by atoms with E-state index in [2.05, 4.69) is 5.32 Å². The molecule has 0 amide bonds. The van der Waals surface area contributed by atoms with E-state index in [0.29, 0.717) is 16.6 Å². The Labute approximate surface area is 145 Å². The summed E-state index contributed by atoms with van der Waals surface area (Å²) in [6.07, 6.45) is 0. The molecule has 0 bridgehead atoms. The maximum absolute atomic E-state index is 6.14. The highest BCUT2D eigenvalue weighted by Gasteiger charge is 2.02. The molecule has 3 aromatic carbocycles. The second-order valence-corrected chi connectivity index (χ2v) is 5.88. The summed E-state index contributed by atoms with van der Waals surface area (Å²) in [5, 5.41) is 4.59. The molecule has 0 aromatic heterocycles. The highest BCUT2D eigenvalue weighted by Crippen LogP contribution is 2.26. The maximum atomic E-state index is 6.14. The van der Waals surface area contributed by atoms with Gasteiger partial charge in [0.25, 0.3) is 0 Å². The van der Waals surface area contributed by atoms with Gasteiger partial charge in [-0.05, 0) is 48.0 Å². The summed E-state index contributed by atoms with van der Waals surface area (Å²) in [5.41, 5.74) is 1.95.